The second-order valence-electron chi connectivity index (χ2n) is 6.42. The van der Waals surface area contributed by atoms with E-state index in [1.807, 2.05) is 0 Å². The molecule has 0 saturated heterocycles. The number of rotatable bonds is 7. The number of unbranched alkanes of at least 4 members (excludes halogenated alkanes) is 5. The van der Waals surface area contributed by atoms with E-state index in [1.165, 1.54) is 77.0 Å². The van der Waals surface area contributed by atoms with E-state index in [0.29, 0.717) is 0 Å². The van der Waals surface area contributed by atoms with Crippen molar-refractivity contribution in [1.29, 1.82) is 0 Å². The maximum atomic E-state index is 6.56. The quantitative estimate of drug-likeness (QED) is 0.489. The molecule has 1 saturated carbocycles. The monoisotopic (exact) mass is 239 g/mol. The molecule has 17 heavy (non-hydrogen) atoms. The minimum atomic E-state index is 0.190. The maximum absolute atomic E-state index is 6.56. The molecule has 0 aromatic carbocycles. The summed E-state index contributed by atoms with van der Waals surface area (Å²) in [5.74, 6) is 0.907. The Morgan fingerprint density at radius 2 is 1.71 bits per heavy atom. The van der Waals surface area contributed by atoms with Gasteiger partial charge in [0.1, 0.15) is 0 Å². The molecule has 0 aliphatic heterocycles. The van der Waals surface area contributed by atoms with Gasteiger partial charge in [0.25, 0.3) is 0 Å². The van der Waals surface area contributed by atoms with Crippen molar-refractivity contribution in [3.63, 3.8) is 0 Å². The van der Waals surface area contributed by atoms with Crippen molar-refractivity contribution in [2.24, 2.45) is 11.7 Å². The molecule has 1 rings (SSSR count). The summed E-state index contributed by atoms with van der Waals surface area (Å²) >= 11 is 0. The highest BCUT2D eigenvalue weighted by Crippen LogP contribution is 2.32. The first-order chi connectivity index (χ1) is 8.16. The van der Waals surface area contributed by atoms with E-state index in [4.69, 9.17) is 5.73 Å². The molecular weight excluding hydrogens is 206 g/mol. The van der Waals surface area contributed by atoms with Crippen LogP contribution in [0.25, 0.3) is 0 Å². The lowest BCUT2D eigenvalue weighted by atomic mass is 9.85. The fourth-order valence-electron chi connectivity index (χ4n) is 3.11. The third kappa shape index (κ3) is 6.45. The van der Waals surface area contributed by atoms with Crippen LogP contribution >= 0.6 is 0 Å². The molecule has 2 N–H and O–H groups in total. The van der Waals surface area contributed by atoms with E-state index in [9.17, 15) is 0 Å². The van der Waals surface area contributed by atoms with Crippen LogP contribution in [0.5, 0.6) is 0 Å². The molecule has 0 radical (unpaired) electrons. The zero-order valence-electron chi connectivity index (χ0n) is 12.1. The van der Waals surface area contributed by atoms with Crippen molar-refractivity contribution in [3.8, 4) is 0 Å². The fourth-order valence-corrected chi connectivity index (χ4v) is 3.11. The summed E-state index contributed by atoms with van der Waals surface area (Å²) in [7, 11) is 0. The van der Waals surface area contributed by atoms with Crippen molar-refractivity contribution < 1.29 is 0 Å². The third-order valence-corrected chi connectivity index (χ3v) is 4.53. The van der Waals surface area contributed by atoms with E-state index in [1.54, 1.807) is 0 Å². The molecule has 1 heteroatoms. The van der Waals surface area contributed by atoms with Crippen molar-refractivity contribution in [2.45, 2.75) is 96.4 Å². The van der Waals surface area contributed by atoms with Gasteiger partial charge in [-0.25, -0.2) is 0 Å². The summed E-state index contributed by atoms with van der Waals surface area (Å²) in [6, 6.07) is 0. The van der Waals surface area contributed by atoms with Gasteiger partial charge in [0, 0.05) is 5.54 Å². The van der Waals surface area contributed by atoms with Gasteiger partial charge in [0.15, 0.2) is 0 Å². The van der Waals surface area contributed by atoms with Crippen LogP contribution in [0.4, 0.5) is 0 Å². The fraction of sp³-hybridized carbons (Fsp3) is 1.00. The minimum Gasteiger partial charge on any atom is -0.325 e. The molecule has 0 spiro atoms. The largest absolute Gasteiger partial charge is 0.325 e. The molecule has 1 fully saturated rings. The standard InChI is InChI=1S/C16H33N/c1-3-4-5-6-7-8-12-16(17)13-9-10-15(2)11-14-16/h15H,3-14,17H2,1-2H3. The van der Waals surface area contributed by atoms with Gasteiger partial charge in [0.05, 0.1) is 0 Å². The Kier molecular flexibility index (Phi) is 7.18. The highest BCUT2D eigenvalue weighted by molar-refractivity contribution is 4.86. The summed E-state index contributed by atoms with van der Waals surface area (Å²) in [6.45, 7) is 4.66. The topological polar surface area (TPSA) is 26.0 Å². The van der Waals surface area contributed by atoms with Gasteiger partial charge < -0.3 is 5.73 Å². The normalized spacial score (nSPS) is 30.2. The smallest absolute Gasteiger partial charge is 0.0154 e. The van der Waals surface area contributed by atoms with Crippen molar-refractivity contribution in [2.75, 3.05) is 0 Å². The predicted molar refractivity (Wildman–Crippen MR) is 77.2 cm³/mol. The highest BCUT2D eigenvalue weighted by Gasteiger charge is 2.27. The third-order valence-electron chi connectivity index (χ3n) is 4.53. The molecule has 0 heterocycles. The van der Waals surface area contributed by atoms with Crippen LogP contribution in [0.1, 0.15) is 90.9 Å². The summed E-state index contributed by atoms with van der Waals surface area (Å²) < 4.78 is 0. The van der Waals surface area contributed by atoms with Gasteiger partial charge in [-0.1, -0.05) is 65.2 Å². The lowest BCUT2D eigenvalue weighted by Crippen LogP contribution is -2.39. The first-order valence-corrected chi connectivity index (χ1v) is 7.95. The van der Waals surface area contributed by atoms with Gasteiger partial charge in [-0.2, -0.15) is 0 Å². The highest BCUT2D eigenvalue weighted by atomic mass is 14.7. The zero-order valence-corrected chi connectivity index (χ0v) is 12.1. The molecule has 0 aromatic rings. The Morgan fingerprint density at radius 3 is 2.47 bits per heavy atom. The molecule has 0 bridgehead atoms. The van der Waals surface area contributed by atoms with Gasteiger partial charge in [-0.15, -0.1) is 0 Å². The maximum Gasteiger partial charge on any atom is 0.0154 e. The van der Waals surface area contributed by atoms with Crippen molar-refractivity contribution in [3.05, 3.63) is 0 Å². The summed E-state index contributed by atoms with van der Waals surface area (Å²) in [6.07, 6.45) is 16.3. The van der Waals surface area contributed by atoms with E-state index < -0.39 is 0 Å². The van der Waals surface area contributed by atoms with E-state index in [-0.39, 0.29) is 5.54 Å². The lowest BCUT2D eigenvalue weighted by Gasteiger charge is -2.28. The van der Waals surface area contributed by atoms with Crippen LogP contribution < -0.4 is 5.73 Å². The molecule has 0 aromatic heterocycles. The predicted octanol–water partition coefficient (Wildman–Crippen LogP) is 5.03. The summed E-state index contributed by atoms with van der Waals surface area (Å²) in [5.41, 5.74) is 6.75. The molecule has 1 aliphatic rings. The first kappa shape index (κ1) is 15.0. The number of hydrogen-bond acceptors (Lipinski definition) is 1. The summed E-state index contributed by atoms with van der Waals surface area (Å²) in [5, 5.41) is 0. The van der Waals surface area contributed by atoms with E-state index in [0.717, 1.165) is 5.92 Å². The van der Waals surface area contributed by atoms with Crippen LogP contribution in [0.3, 0.4) is 0 Å². The van der Waals surface area contributed by atoms with Gasteiger partial charge in [-0.3, -0.25) is 0 Å². The van der Waals surface area contributed by atoms with Crippen LogP contribution in [-0.4, -0.2) is 5.54 Å². The molecule has 2 unspecified atom stereocenters. The zero-order chi connectivity index (χ0) is 12.6. The second-order valence-corrected chi connectivity index (χ2v) is 6.42. The van der Waals surface area contributed by atoms with Crippen molar-refractivity contribution in [1.82, 2.24) is 0 Å². The van der Waals surface area contributed by atoms with E-state index in [2.05, 4.69) is 13.8 Å². The Balaban J connectivity index is 2.11. The molecule has 1 aliphatic carbocycles. The molecular formula is C16H33N. The first-order valence-electron chi connectivity index (χ1n) is 7.95. The van der Waals surface area contributed by atoms with Gasteiger partial charge >= 0.3 is 0 Å². The van der Waals surface area contributed by atoms with Crippen LogP contribution in [-0.2, 0) is 0 Å². The van der Waals surface area contributed by atoms with E-state index >= 15 is 0 Å². The Hall–Kier alpha value is -0.0400. The van der Waals surface area contributed by atoms with Crippen LogP contribution in [0, 0.1) is 5.92 Å². The van der Waals surface area contributed by atoms with Gasteiger partial charge in [0.2, 0.25) is 0 Å². The molecule has 2 atom stereocenters. The lowest BCUT2D eigenvalue weighted by molar-refractivity contribution is 0.327. The average Bonchev–Trinajstić information content (AvgIpc) is 2.47. The van der Waals surface area contributed by atoms with Crippen LogP contribution in [0.15, 0.2) is 0 Å². The SMILES string of the molecule is CCCCCCCCC1(N)CCCC(C)CC1. The molecule has 102 valence electrons. The Bertz CT molecular complexity index is 190. The van der Waals surface area contributed by atoms with Crippen LogP contribution in [0.2, 0.25) is 0 Å². The number of hydrogen-bond donors (Lipinski definition) is 1. The summed E-state index contributed by atoms with van der Waals surface area (Å²) in [4.78, 5) is 0. The average molecular weight is 239 g/mol. The number of nitrogens with two attached hydrogens (primary N) is 1. The minimum absolute atomic E-state index is 0.190. The Morgan fingerprint density at radius 1 is 1.00 bits per heavy atom. The molecule has 1 nitrogen and oxygen atoms in total. The molecule has 0 amide bonds. The second kappa shape index (κ2) is 8.13. The van der Waals surface area contributed by atoms with Crippen molar-refractivity contribution >= 4 is 0 Å². The Labute approximate surface area is 109 Å². The van der Waals surface area contributed by atoms with Gasteiger partial charge in [-0.05, 0) is 31.6 Å².